The summed E-state index contributed by atoms with van der Waals surface area (Å²) in [5, 5.41) is 0. The van der Waals surface area contributed by atoms with Crippen molar-refractivity contribution in [2.45, 2.75) is 23.5 Å². The molecule has 2 aliphatic heterocycles. The first-order valence-corrected chi connectivity index (χ1v) is 10.1. The second-order valence-corrected chi connectivity index (χ2v) is 8.34. The fourth-order valence-corrected chi connectivity index (χ4v) is 5.21. The lowest BCUT2D eigenvalue weighted by Gasteiger charge is -2.34. The van der Waals surface area contributed by atoms with Gasteiger partial charge < -0.3 is 14.4 Å². The highest BCUT2D eigenvalue weighted by Gasteiger charge is 2.32. The molecular formula is C17H20N2O3S2. The number of carbonyl (C=O) groups is 1. The number of amides is 1. The predicted octanol–water partition coefficient (Wildman–Crippen LogP) is 3.00. The third kappa shape index (κ3) is 3.59. The molecule has 2 fully saturated rings. The van der Waals surface area contributed by atoms with Crippen LogP contribution in [0.15, 0.2) is 28.6 Å². The third-order valence-corrected chi connectivity index (χ3v) is 6.60. The van der Waals surface area contributed by atoms with Crippen molar-refractivity contribution in [3.8, 4) is 0 Å². The van der Waals surface area contributed by atoms with Crippen LogP contribution in [0.1, 0.15) is 12.8 Å². The van der Waals surface area contributed by atoms with Gasteiger partial charge in [-0.1, -0.05) is 23.9 Å². The average Bonchev–Trinajstić information content (AvgIpc) is 3.29. The second-order valence-electron chi connectivity index (χ2n) is 6.09. The molecule has 0 spiro atoms. The lowest BCUT2D eigenvalue weighted by atomic mass is 9.97. The summed E-state index contributed by atoms with van der Waals surface area (Å²) in [5.74, 6) is 0.929. The maximum atomic E-state index is 12.5. The molecule has 0 aliphatic carbocycles. The van der Waals surface area contributed by atoms with Gasteiger partial charge in [-0.2, -0.15) is 0 Å². The van der Waals surface area contributed by atoms with Crippen molar-refractivity contribution in [2.75, 3.05) is 32.1 Å². The molecular weight excluding hydrogens is 344 g/mol. The number of para-hydroxylation sites is 1. The van der Waals surface area contributed by atoms with Crippen molar-refractivity contribution in [2.24, 2.45) is 5.92 Å². The molecule has 1 unspecified atom stereocenters. The lowest BCUT2D eigenvalue weighted by molar-refractivity contribution is -0.136. The summed E-state index contributed by atoms with van der Waals surface area (Å²) in [6.07, 6.45) is 1.96. The van der Waals surface area contributed by atoms with Crippen LogP contribution in [0.25, 0.3) is 10.2 Å². The van der Waals surface area contributed by atoms with Crippen LogP contribution in [0.2, 0.25) is 0 Å². The van der Waals surface area contributed by atoms with Crippen molar-refractivity contribution in [1.82, 2.24) is 9.88 Å². The van der Waals surface area contributed by atoms with Crippen molar-refractivity contribution in [3.63, 3.8) is 0 Å². The quantitative estimate of drug-likeness (QED) is 0.781. The number of nitrogens with zero attached hydrogens (tertiary/aromatic N) is 2. The number of likely N-dealkylation sites (tertiary alicyclic amines) is 1. The number of hydrogen-bond acceptors (Lipinski definition) is 6. The van der Waals surface area contributed by atoms with Gasteiger partial charge in [-0.15, -0.1) is 11.3 Å². The van der Waals surface area contributed by atoms with Gasteiger partial charge in [0.1, 0.15) is 0 Å². The molecule has 1 aromatic carbocycles. The number of ether oxygens (including phenoxy) is 2. The van der Waals surface area contributed by atoms with Gasteiger partial charge >= 0.3 is 0 Å². The Morgan fingerprint density at radius 2 is 2.17 bits per heavy atom. The van der Waals surface area contributed by atoms with Crippen LogP contribution >= 0.6 is 23.1 Å². The number of hydrogen-bond donors (Lipinski definition) is 0. The van der Waals surface area contributed by atoms with Crippen LogP contribution in [0.4, 0.5) is 0 Å². The highest BCUT2D eigenvalue weighted by molar-refractivity contribution is 8.01. The fourth-order valence-electron chi connectivity index (χ4n) is 3.24. The first-order valence-electron chi connectivity index (χ1n) is 8.29. The average molecular weight is 364 g/mol. The van der Waals surface area contributed by atoms with Gasteiger partial charge in [-0.3, -0.25) is 4.79 Å². The Hall–Kier alpha value is -1.15. The van der Waals surface area contributed by atoms with Gasteiger partial charge in [0, 0.05) is 19.0 Å². The highest BCUT2D eigenvalue weighted by atomic mass is 32.2. The van der Waals surface area contributed by atoms with Gasteiger partial charge in [-0.25, -0.2) is 4.98 Å². The summed E-state index contributed by atoms with van der Waals surface area (Å²) >= 11 is 3.18. The Balaban J connectivity index is 1.33. The molecule has 1 amide bonds. The van der Waals surface area contributed by atoms with E-state index in [-0.39, 0.29) is 12.2 Å². The smallest absolute Gasteiger partial charge is 0.233 e. The molecule has 0 radical (unpaired) electrons. The Morgan fingerprint density at radius 3 is 3.00 bits per heavy atom. The number of thioether (sulfide) groups is 1. The maximum absolute atomic E-state index is 12.5. The van der Waals surface area contributed by atoms with Crippen LogP contribution in [0.3, 0.4) is 0 Å². The molecule has 0 saturated carbocycles. The molecule has 128 valence electrons. The first kappa shape index (κ1) is 16.3. The predicted molar refractivity (Wildman–Crippen MR) is 95.3 cm³/mol. The van der Waals surface area contributed by atoms with E-state index in [2.05, 4.69) is 11.1 Å². The van der Waals surface area contributed by atoms with Gasteiger partial charge in [0.2, 0.25) is 5.91 Å². The summed E-state index contributed by atoms with van der Waals surface area (Å²) in [7, 11) is 0. The van der Waals surface area contributed by atoms with E-state index in [0.717, 1.165) is 35.8 Å². The zero-order chi connectivity index (χ0) is 16.4. The van der Waals surface area contributed by atoms with E-state index < -0.39 is 0 Å². The van der Waals surface area contributed by atoms with Gasteiger partial charge in [0.05, 0.1) is 29.2 Å². The lowest BCUT2D eigenvalue weighted by Crippen LogP contribution is -2.44. The standard InChI is InChI=1S/C17H20N2O3S2/c20-15(11-23-17-18-13-5-1-2-6-14(13)24-17)19-7-3-4-12(10-19)16-21-8-9-22-16/h1-2,5-6,12,16H,3-4,7-11H2. The monoisotopic (exact) mass is 364 g/mol. The summed E-state index contributed by atoms with van der Waals surface area (Å²) in [6.45, 7) is 2.91. The molecule has 0 N–H and O–H groups in total. The van der Waals surface area contributed by atoms with Crippen LogP contribution in [-0.4, -0.2) is 54.1 Å². The second kappa shape index (κ2) is 7.39. The van der Waals surface area contributed by atoms with Crippen molar-refractivity contribution in [3.05, 3.63) is 24.3 Å². The van der Waals surface area contributed by atoms with Crippen molar-refractivity contribution >= 4 is 39.2 Å². The number of fused-ring (bicyclic) bond motifs is 1. The molecule has 2 aromatic rings. The minimum Gasteiger partial charge on any atom is -0.350 e. The number of benzene rings is 1. The topological polar surface area (TPSA) is 51.7 Å². The van der Waals surface area contributed by atoms with Crippen LogP contribution in [0, 0.1) is 5.92 Å². The van der Waals surface area contributed by atoms with Crippen molar-refractivity contribution in [1.29, 1.82) is 0 Å². The summed E-state index contributed by atoms with van der Waals surface area (Å²) in [5.41, 5.74) is 1.01. The van der Waals surface area contributed by atoms with E-state index >= 15 is 0 Å². The molecule has 1 atom stereocenters. The van der Waals surface area contributed by atoms with E-state index in [1.807, 2.05) is 23.1 Å². The van der Waals surface area contributed by atoms with E-state index in [4.69, 9.17) is 9.47 Å². The number of piperidine rings is 1. The van der Waals surface area contributed by atoms with E-state index in [1.54, 1.807) is 11.3 Å². The number of thiazole rings is 1. The van der Waals surface area contributed by atoms with Crippen LogP contribution < -0.4 is 0 Å². The van der Waals surface area contributed by atoms with Crippen LogP contribution in [0.5, 0.6) is 0 Å². The molecule has 4 rings (SSSR count). The van der Waals surface area contributed by atoms with Crippen LogP contribution in [-0.2, 0) is 14.3 Å². The Labute approximate surface area is 149 Å². The number of aromatic nitrogens is 1. The fraction of sp³-hybridized carbons (Fsp3) is 0.529. The largest absolute Gasteiger partial charge is 0.350 e. The van der Waals surface area contributed by atoms with E-state index in [0.29, 0.717) is 24.9 Å². The summed E-state index contributed by atoms with van der Waals surface area (Å²) in [6, 6.07) is 8.08. The molecule has 2 aliphatic rings. The zero-order valence-electron chi connectivity index (χ0n) is 13.3. The SMILES string of the molecule is O=C(CSc1nc2ccccc2s1)N1CCCC(C2OCCO2)C1. The maximum Gasteiger partial charge on any atom is 0.233 e. The highest BCUT2D eigenvalue weighted by Crippen LogP contribution is 2.30. The minimum atomic E-state index is -0.127. The molecule has 7 heteroatoms. The summed E-state index contributed by atoms with van der Waals surface area (Å²) < 4.78 is 13.3. The normalized spacial score (nSPS) is 22.3. The zero-order valence-corrected chi connectivity index (χ0v) is 15.0. The van der Waals surface area contributed by atoms with E-state index in [9.17, 15) is 4.79 Å². The minimum absolute atomic E-state index is 0.127. The summed E-state index contributed by atoms with van der Waals surface area (Å²) in [4.78, 5) is 19.1. The van der Waals surface area contributed by atoms with Gasteiger partial charge in [0.25, 0.3) is 0 Å². The first-order chi connectivity index (χ1) is 11.8. The Morgan fingerprint density at radius 1 is 1.33 bits per heavy atom. The molecule has 24 heavy (non-hydrogen) atoms. The number of rotatable bonds is 4. The molecule has 2 saturated heterocycles. The molecule has 0 bridgehead atoms. The van der Waals surface area contributed by atoms with Crippen molar-refractivity contribution < 1.29 is 14.3 Å². The van der Waals surface area contributed by atoms with Gasteiger partial charge in [-0.05, 0) is 25.0 Å². The Bertz CT molecular complexity index is 682. The number of carbonyl (C=O) groups excluding carboxylic acids is 1. The molecule has 1 aromatic heterocycles. The molecule has 3 heterocycles. The van der Waals surface area contributed by atoms with E-state index in [1.165, 1.54) is 16.5 Å². The van der Waals surface area contributed by atoms with Gasteiger partial charge in [0.15, 0.2) is 10.6 Å². The third-order valence-electron chi connectivity index (χ3n) is 4.44. The molecule has 5 nitrogen and oxygen atoms in total. The Kier molecular flexibility index (Phi) is 5.03.